The van der Waals surface area contributed by atoms with Crippen molar-refractivity contribution < 1.29 is 9.53 Å². The summed E-state index contributed by atoms with van der Waals surface area (Å²) >= 11 is 0. The minimum absolute atomic E-state index is 0.171. The molecule has 15 heavy (non-hydrogen) atoms. The standard InChI is InChI=1S/C13H20O2/c1-3-12(14)15-13(4-2)8-10-5-6-11(7-10)9-13/h3,10-11H,1,4-9H2,2H3. The summed E-state index contributed by atoms with van der Waals surface area (Å²) in [6, 6.07) is 0. The Hall–Kier alpha value is -0.790. The zero-order chi connectivity index (χ0) is 10.9. The molecule has 0 N–H and O–H groups in total. The number of rotatable bonds is 3. The maximum atomic E-state index is 11.3. The molecule has 2 aliphatic carbocycles. The van der Waals surface area contributed by atoms with Gasteiger partial charge >= 0.3 is 5.97 Å². The number of carbonyl (C=O) groups excluding carboxylic acids is 1. The molecule has 2 rings (SSSR count). The third-order valence-electron chi connectivity index (χ3n) is 4.10. The van der Waals surface area contributed by atoms with Crippen molar-refractivity contribution in [3.05, 3.63) is 12.7 Å². The van der Waals surface area contributed by atoms with Crippen LogP contribution in [0.5, 0.6) is 0 Å². The van der Waals surface area contributed by atoms with E-state index in [1.807, 2.05) is 0 Å². The molecule has 2 heteroatoms. The van der Waals surface area contributed by atoms with Crippen LogP contribution >= 0.6 is 0 Å². The largest absolute Gasteiger partial charge is 0.456 e. The minimum Gasteiger partial charge on any atom is -0.456 e. The van der Waals surface area contributed by atoms with Crippen LogP contribution in [0.15, 0.2) is 12.7 Å². The maximum absolute atomic E-state index is 11.3. The van der Waals surface area contributed by atoms with E-state index in [2.05, 4.69) is 13.5 Å². The molecule has 0 aromatic carbocycles. The highest BCUT2D eigenvalue weighted by Gasteiger charge is 2.44. The van der Waals surface area contributed by atoms with Crippen molar-refractivity contribution in [3.63, 3.8) is 0 Å². The molecule has 0 amide bonds. The Balaban J connectivity index is 2.08. The van der Waals surface area contributed by atoms with Crippen molar-refractivity contribution in [3.8, 4) is 0 Å². The molecule has 0 radical (unpaired) electrons. The summed E-state index contributed by atoms with van der Waals surface area (Å²) in [7, 11) is 0. The van der Waals surface area contributed by atoms with Crippen LogP contribution in [0.2, 0.25) is 0 Å². The highest BCUT2D eigenvalue weighted by atomic mass is 16.6. The van der Waals surface area contributed by atoms with Gasteiger partial charge in [0.15, 0.2) is 0 Å². The molecule has 2 nitrogen and oxygen atoms in total. The monoisotopic (exact) mass is 208 g/mol. The predicted octanol–water partition coefficient (Wildman–Crippen LogP) is 3.07. The van der Waals surface area contributed by atoms with Crippen LogP contribution in [0.3, 0.4) is 0 Å². The predicted molar refractivity (Wildman–Crippen MR) is 59.4 cm³/mol. The first-order chi connectivity index (χ1) is 7.17. The van der Waals surface area contributed by atoms with E-state index in [4.69, 9.17) is 4.74 Å². The number of fused-ring (bicyclic) bond motifs is 2. The molecule has 0 spiro atoms. The number of carbonyl (C=O) groups is 1. The molecule has 0 saturated heterocycles. The van der Waals surface area contributed by atoms with Gasteiger partial charge in [-0.1, -0.05) is 26.3 Å². The van der Waals surface area contributed by atoms with E-state index < -0.39 is 0 Å². The topological polar surface area (TPSA) is 26.3 Å². The van der Waals surface area contributed by atoms with Gasteiger partial charge in [-0.25, -0.2) is 4.79 Å². The molecule has 84 valence electrons. The van der Waals surface area contributed by atoms with Gasteiger partial charge < -0.3 is 4.74 Å². The second-order valence-electron chi connectivity index (χ2n) is 5.12. The van der Waals surface area contributed by atoms with Crippen LogP contribution in [0.1, 0.15) is 45.4 Å². The SMILES string of the molecule is C=CC(=O)OC1(CC)CC2CCC(C2)C1. The Kier molecular flexibility index (Phi) is 2.85. The molecule has 0 aliphatic heterocycles. The van der Waals surface area contributed by atoms with Crippen LogP contribution in [0, 0.1) is 11.8 Å². The van der Waals surface area contributed by atoms with Gasteiger partial charge in [-0.15, -0.1) is 0 Å². The van der Waals surface area contributed by atoms with Crippen molar-refractivity contribution in [1.29, 1.82) is 0 Å². The Bertz CT molecular complexity index is 258. The summed E-state index contributed by atoms with van der Waals surface area (Å²) in [5, 5.41) is 0. The van der Waals surface area contributed by atoms with Gasteiger partial charge in [0.2, 0.25) is 0 Å². The van der Waals surface area contributed by atoms with E-state index in [1.165, 1.54) is 25.3 Å². The highest BCUT2D eigenvalue weighted by molar-refractivity contribution is 5.81. The summed E-state index contributed by atoms with van der Waals surface area (Å²) in [6.07, 6.45) is 8.39. The van der Waals surface area contributed by atoms with Gasteiger partial charge in [0.1, 0.15) is 5.60 Å². The minimum atomic E-state index is -0.252. The van der Waals surface area contributed by atoms with Crippen molar-refractivity contribution in [2.45, 2.75) is 51.0 Å². The third kappa shape index (κ3) is 2.09. The average Bonchev–Trinajstić information content (AvgIpc) is 2.58. The van der Waals surface area contributed by atoms with E-state index in [1.54, 1.807) is 0 Å². The normalized spacial score (nSPS) is 38.7. The second-order valence-corrected chi connectivity index (χ2v) is 5.12. The lowest BCUT2D eigenvalue weighted by molar-refractivity contribution is -0.160. The fourth-order valence-electron chi connectivity index (χ4n) is 3.38. The Morgan fingerprint density at radius 2 is 2.07 bits per heavy atom. The first-order valence-electron chi connectivity index (χ1n) is 6.03. The van der Waals surface area contributed by atoms with E-state index >= 15 is 0 Å². The molecule has 0 aromatic rings. The smallest absolute Gasteiger partial charge is 0.330 e. The molecular formula is C13H20O2. The second kappa shape index (κ2) is 3.99. The van der Waals surface area contributed by atoms with Gasteiger partial charge in [0.05, 0.1) is 0 Å². The molecule has 2 saturated carbocycles. The molecule has 2 fully saturated rings. The zero-order valence-electron chi connectivity index (χ0n) is 9.50. The summed E-state index contributed by atoms with van der Waals surface area (Å²) in [5.74, 6) is 1.33. The molecule has 2 unspecified atom stereocenters. The van der Waals surface area contributed by atoms with Crippen LogP contribution in [0.25, 0.3) is 0 Å². The van der Waals surface area contributed by atoms with Crippen molar-refractivity contribution in [2.24, 2.45) is 11.8 Å². The van der Waals surface area contributed by atoms with Gasteiger partial charge in [-0.3, -0.25) is 0 Å². The van der Waals surface area contributed by atoms with Gasteiger partial charge in [0.25, 0.3) is 0 Å². The van der Waals surface area contributed by atoms with Crippen LogP contribution < -0.4 is 0 Å². The molecule has 0 aromatic heterocycles. The number of hydrogen-bond donors (Lipinski definition) is 0. The fourth-order valence-corrected chi connectivity index (χ4v) is 3.38. The number of ether oxygens (including phenoxy) is 1. The van der Waals surface area contributed by atoms with Gasteiger partial charge in [-0.2, -0.15) is 0 Å². The molecule has 2 bridgehead atoms. The molecule has 2 aliphatic rings. The molecule has 0 heterocycles. The Morgan fingerprint density at radius 3 is 2.53 bits per heavy atom. The maximum Gasteiger partial charge on any atom is 0.330 e. The highest BCUT2D eigenvalue weighted by Crippen LogP contribution is 2.49. The van der Waals surface area contributed by atoms with Crippen molar-refractivity contribution >= 4 is 5.97 Å². The van der Waals surface area contributed by atoms with Crippen molar-refractivity contribution in [1.82, 2.24) is 0 Å². The van der Waals surface area contributed by atoms with Crippen molar-refractivity contribution in [2.75, 3.05) is 0 Å². The van der Waals surface area contributed by atoms with Gasteiger partial charge in [0, 0.05) is 6.08 Å². The quantitative estimate of drug-likeness (QED) is 0.526. The third-order valence-corrected chi connectivity index (χ3v) is 4.10. The van der Waals surface area contributed by atoms with Crippen LogP contribution in [-0.2, 0) is 9.53 Å². The van der Waals surface area contributed by atoms with E-state index in [0.29, 0.717) is 0 Å². The molecular weight excluding hydrogens is 188 g/mol. The average molecular weight is 208 g/mol. The fraction of sp³-hybridized carbons (Fsp3) is 0.769. The van der Waals surface area contributed by atoms with Gasteiger partial charge in [-0.05, 0) is 37.5 Å². The summed E-state index contributed by atoms with van der Waals surface area (Å²) in [4.78, 5) is 11.3. The van der Waals surface area contributed by atoms with Crippen LogP contribution in [-0.4, -0.2) is 11.6 Å². The van der Waals surface area contributed by atoms with E-state index in [9.17, 15) is 4.79 Å². The number of hydrogen-bond acceptors (Lipinski definition) is 2. The Morgan fingerprint density at radius 1 is 1.47 bits per heavy atom. The molecule has 2 atom stereocenters. The summed E-state index contributed by atoms with van der Waals surface area (Å²) in [6.45, 7) is 5.60. The first-order valence-corrected chi connectivity index (χ1v) is 6.03. The zero-order valence-corrected chi connectivity index (χ0v) is 9.50. The van der Waals surface area contributed by atoms with E-state index in [-0.39, 0.29) is 11.6 Å². The number of esters is 1. The summed E-state index contributed by atoms with van der Waals surface area (Å²) in [5.41, 5.74) is -0.171. The first kappa shape index (κ1) is 10.7. The van der Waals surface area contributed by atoms with E-state index in [0.717, 1.165) is 31.1 Å². The lowest BCUT2D eigenvalue weighted by Gasteiger charge is -2.39. The lowest BCUT2D eigenvalue weighted by atomic mass is 9.76. The Labute approximate surface area is 91.7 Å². The van der Waals surface area contributed by atoms with Crippen LogP contribution in [0.4, 0.5) is 0 Å². The summed E-state index contributed by atoms with van der Waals surface area (Å²) < 4.78 is 5.60. The lowest BCUT2D eigenvalue weighted by Crippen LogP contribution is -2.40.